The predicted octanol–water partition coefficient (Wildman–Crippen LogP) is 3.44. The van der Waals surface area contributed by atoms with Crippen LogP contribution in [0.2, 0.25) is 0 Å². The molecule has 0 saturated carbocycles. The van der Waals surface area contributed by atoms with E-state index in [1.165, 1.54) is 12.2 Å². The van der Waals surface area contributed by atoms with Crippen molar-refractivity contribution in [1.82, 2.24) is 0 Å². The molecule has 0 saturated heterocycles. The Hall–Kier alpha value is 0.0900. The zero-order valence-electron chi connectivity index (χ0n) is 6.82. The maximum absolute atomic E-state index is 2.22. The lowest BCUT2D eigenvalue weighted by atomic mass is 10.2. The van der Waals surface area contributed by atoms with Crippen molar-refractivity contribution in [2.24, 2.45) is 0 Å². The molecule has 0 spiro atoms. The summed E-state index contributed by atoms with van der Waals surface area (Å²) in [5.41, 5.74) is 1.59. The van der Waals surface area contributed by atoms with Crippen LogP contribution in [0.15, 0.2) is 10.5 Å². The van der Waals surface area contributed by atoms with Gasteiger partial charge in [-0.2, -0.15) is 0 Å². The molecule has 54 valence electrons. The molecule has 0 unspecified atom stereocenters. The molecule has 0 amide bonds. The molecule has 1 aliphatic rings. The SMILES string of the molecule is CC.CC1=C(C)SCC1. The molecule has 1 heteroatoms. The van der Waals surface area contributed by atoms with Crippen molar-refractivity contribution in [3.8, 4) is 0 Å². The highest BCUT2D eigenvalue weighted by Gasteiger charge is 2.04. The van der Waals surface area contributed by atoms with Crippen molar-refractivity contribution in [3.05, 3.63) is 10.5 Å². The Morgan fingerprint density at radius 3 is 1.89 bits per heavy atom. The smallest absolute Gasteiger partial charge is 0.00142 e. The number of hydrogen-bond acceptors (Lipinski definition) is 1. The standard InChI is InChI=1S/C6H10S.C2H6/c1-5-3-4-7-6(5)2;1-2/h3-4H2,1-2H3;1-2H3. The lowest BCUT2D eigenvalue weighted by Crippen LogP contribution is -1.67. The van der Waals surface area contributed by atoms with E-state index in [4.69, 9.17) is 0 Å². The van der Waals surface area contributed by atoms with Gasteiger partial charge in [-0.1, -0.05) is 19.4 Å². The van der Waals surface area contributed by atoms with Gasteiger partial charge in [0.05, 0.1) is 0 Å². The normalized spacial score (nSPS) is 17.3. The zero-order valence-corrected chi connectivity index (χ0v) is 7.64. The van der Waals surface area contributed by atoms with Crippen LogP contribution in [0.1, 0.15) is 34.1 Å². The van der Waals surface area contributed by atoms with Gasteiger partial charge in [0.2, 0.25) is 0 Å². The Labute approximate surface area is 62.7 Å². The van der Waals surface area contributed by atoms with Crippen molar-refractivity contribution < 1.29 is 0 Å². The molecule has 1 aliphatic heterocycles. The second kappa shape index (κ2) is 4.92. The molecule has 0 nitrogen and oxygen atoms in total. The quantitative estimate of drug-likeness (QED) is 0.502. The van der Waals surface area contributed by atoms with Gasteiger partial charge in [-0.25, -0.2) is 0 Å². The largest absolute Gasteiger partial charge is 0.131 e. The molecular formula is C8H16S. The summed E-state index contributed by atoms with van der Waals surface area (Å²) >= 11 is 1.98. The van der Waals surface area contributed by atoms with Gasteiger partial charge >= 0.3 is 0 Å². The van der Waals surface area contributed by atoms with E-state index >= 15 is 0 Å². The zero-order chi connectivity index (χ0) is 7.28. The van der Waals surface area contributed by atoms with Gasteiger partial charge in [0.15, 0.2) is 0 Å². The number of allylic oxidation sites excluding steroid dienone is 2. The minimum Gasteiger partial charge on any atom is -0.131 e. The van der Waals surface area contributed by atoms with E-state index in [0.717, 1.165) is 0 Å². The second-order valence-electron chi connectivity index (χ2n) is 1.93. The highest BCUT2D eigenvalue weighted by molar-refractivity contribution is 8.03. The van der Waals surface area contributed by atoms with Crippen LogP contribution in [0, 0.1) is 0 Å². The molecule has 1 rings (SSSR count). The molecule has 0 atom stereocenters. The van der Waals surface area contributed by atoms with Gasteiger partial charge in [0, 0.05) is 5.75 Å². The van der Waals surface area contributed by atoms with Gasteiger partial charge in [-0.15, -0.1) is 11.8 Å². The summed E-state index contributed by atoms with van der Waals surface area (Å²) < 4.78 is 0. The lowest BCUT2D eigenvalue weighted by Gasteiger charge is -1.86. The van der Waals surface area contributed by atoms with Gasteiger partial charge in [-0.05, 0) is 25.2 Å². The first kappa shape index (κ1) is 9.09. The monoisotopic (exact) mass is 144 g/mol. The fourth-order valence-corrected chi connectivity index (χ4v) is 1.72. The van der Waals surface area contributed by atoms with E-state index in [2.05, 4.69) is 13.8 Å². The van der Waals surface area contributed by atoms with Crippen LogP contribution in [-0.4, -0.2) is 5.75 Å². The first-order chi connectivity index (χ1) is 4.30. The Kier molecular flexibility index (Phi) is 4.97. The topological polar surface area (TPSA) is 0 Å². The van der Waals surface area contributed by atoms with Crippen LogP contribution in [0.25, 0.3) is 0 Å². The summed E-state index contributed by atoms with van der Waals surface area (Å²) in [6, 6.07) is 0. The minimum absolute atomic E-state index is 1.32. The van der Waals surface area contributed by atoms with E-state index in [-0.39, 0.29) is 0 Å². The minimum atomic E-state index is 1.32. The molecule has 0 radical (unpaired) electrons. The third-order valence-corrected chi connectivity index (χ3v) is 2.59. The molecule has 9 heavy (non-hydrogen) atoms. The Bertz CT molecular complexity index is 91.1. The molecule has 0 aliphatic carbocycles. The van der Waals surface area contributed by atoms with Crippen LogP contribution < -0.4 is 0 Å². The van der Waals surface area contributed by atoms with Crippen molar-refractivity contribution in [2.45, 2.75) is 34.1 Å². The van der Waals surface area contributed by atoms with E-state index in [9.17, 15) is 0 Å². The molecule has 0 bridgehead atoms. The van der Waals surface area contributed by atoms with Gasteiger partial charge in [0.1, 0.15) is 0 Å². The molecule has 1 heterocycles. The average Bonchev–Trinajstić information content (AvgIpc) is 2.23. The average molecular weight is 144 g/mol. The fraction of sp³-hybridized carbons (Fsp3) is 0.750. The van der Waals surface area contributed by atoms with E-state index in [1.54, 1.807) is 10.5 Å². The predicted molar refractivity (Wildman–Crippen MR) is 46.8 cm³/mol. The van der Waals surface area contributed by atoms with Crippen LogP contribution in [0.3, 0.4) is 0 Å². The first-order valence-electron chi connectivity index (χ1n) is 3.60. The highest BCUT2D eigenvalue weighted by atomic mass is 32.2. The molecule has 0 aromatic rings. The van der Waals surface area contributed by atoms with Crippen molar-refractivity contribution in [1.29, 1.82) is 0 Å². The van der Waals surface area contributed by atoms with Crippen LogP contribution in [0.5, 0.6) is 0 Å². The third-order valence-electron chi connectivity index (χ3n) is 1.40. The van der Waals surface area contributed by atoms with Gasteiger partial charge in [0.25, 0.3) is 0 Å². The summed E-state index contributed by atoms with van der Waals surface area (Å²) in [5, 5.41) is 0. The fourth-order valence-electron chi connectivity index (χ4n) is 0.656. The van der Waals surface area contributed by atoms with Crippen LogP contribution >= 0.6 is 11.8 Å². The summed E-state index contributed by atoms with van der Waals surface area (Å²) in [4.78, 5) is 1.54. The van der Waals surface area contributed by atoms with E-state index < -0.39 is 0 Å². The highest BCUT2D eigenvalue weighted by Crippen LogP contribution is 2.29. The van der Waals surface area contributed by atoms with E-state index in [0.29, 0.717) is 0 Å². The number of hydrogen-bond donors (Lipinski definition) is 0. The number of rotatable bonds is 0. The Morgan fingerprint density at radius 1 is 1.22 bits per heavy atom. The summed E-state index contributed by atoms with van der Waals surface area (Å²) in [5.74, 6) is 1.32. The molecule has 0 N–H and O–H groups in total. The van der Waals surface area contributed by atoms with E-state index in [1.807, 2.05) is 25.6 Å². The molecular weight excluding hydrogens is 128 g/mol. The van der Waals surface area contributed by atoms with Crippen molar-refractivity contribution in [2.75, 3.05) is 5.75 Å². The summed E-state index contributed by atoms with van der Waals surface area (Å²) in [6.07, 6.45) is 1.32. The lowest BCUT2D eigenvalue weighted by molar-refractivity contribution is 1.13. The number of thioether (sulfide) groups is 1. The Morgan fingerprint density at radius 2 is 1.78 bits per heavy atom. The van der Waals surface area contributed by atoms with Gasteiger partial charge in [-0.3, -0.25) is 0 Å². The van der Waals surface area contributed by atoms with Crippen molar-refractivity contribution >= 4 is 11.8 Å². The van der Waals surface area contributed by atoms with Crippen LogP contribution in [-0.2, 0) is 0 Å². The maximum atomic E-state index is 2.22. The van der Waals surface area contributed by atoms with Gasteiger partial charge < -0.3 is 0 Å². The summed E-state index contributed by atoms with van der Waals surface area (Å²) in [7, 11) is 0. The molecule has 0 aromatic carbocycles. The molecule has 0 fully saturated rings. The van der Waals surface area contributed by atoms with Crippen LogP contribution in [0.4, 0.5) is 0 Å². The third kappa shape index (κ3) is 2.95. The maximum Gasteiger partial charge on any atom is 0.00142 e. The van der Waals surface area contributed by atoms with Crippen molar-refractivity contribution in [3.63, 3.8) is 0 Å². The first-order valence-corrected chi connectivity index (χ1v) is 4.58. The molecule has 0 aromatic heterocycles. The Balaban J connectivity index is 0.000000291. The summed E-state index contributed by atoms with van der Waals surface area (Å²) in [6.45, 7) is 8.42. The second-order valence-corrected chi connectivity index (χ2v) is 3.24.